The van der Waals surface area contributed by atoms with Crippen LogP contribution in [0.5, 0.6) is 17.2 Å². The number of carbonyl (C=O) groups excluding carboxylic acids is 1. The van der Waals surface area contributed by atoms with Crippen LogP contribution < -0.4 is 19.5 Å². The fourth-order valence-electron chi connectivity index (χ4n) is 2.53. The second kappa shape index (κ2) is 11.1. The summed E-state index contributed by atoms with van der Waals surface area (Å²) in [7, 11) is 0. The Hall–Kier alpha value is -2.98. The van der Waals surface area contributed by atoms with Crippen LogP contribution in [0.3, 0.4) is 0 Å². The average Bonchev–Trinajstić information content (AvgIpc) is 2.70. The molecule has 0 atom stereocenters. The molecule has 0 unspecified atom stereocenters. The standard InChI is InChI=1S/C22H23BrN2O4/c1-4-27-18-9-7-17(8-10-18)25-22(26)16(14-24)11-15-12-19(23)21(29-6-3)20(13-15)28-5-2/h7-13H,4-6H2,1-3H3,(H,25,26)/b16-11-. The molecule has 0 aliphatic rings. The highest BCUT2D eigenvalue weighted by Gasteiger charge is 2.14. The van der Waals surface area contributed by atoms with Gasteiger partial charge >= 0.3 is 0 Å². The van der Waals surface area contributed by atoms with Crippen molar-refractivity contribution in [2.75, 3.05) is 25.1 Å². The highest BCUT2D eigenvalue weighted by Crippen LogP contribution is 2.37. The quantitative estimate of drug-likeness (QED) is 0.412. The van der Waals surface area contributed by atoms with Crippen molar-refractivity contribution in [2.45, 2.75) is 20.8 Å². The largest absolute Gasteiger partial charge is 0.494 e. The van der Waals surface area contributed by atoms with Gasteiger partial charge in [0.05, 0.1) is 24.3 Å². The molecular weight excluding hydrogens is 436 g/mol. The van der Waals surface area contributed by atoms with Gasteiger partial charge in [-0.3, -0.25) is 4.79 Å². The maximum absolute atomic E-state index is 12.5. The van der Waals surface area contributed by atoms with Crippen molar-refractivity contribution in [3.63, 3.8) is 0 Å². The number of nitrogens with one attached hydrogen (secondary N) is 1. The molecule has 0 aromatic heterocycles. The molecular formula is C22H23BrN2O4. The molecule has 2 aromatic rings. The van der Waals surface area contributed by atoms with Crippen LogP contribution in [0, 0.1) is 11.3 Å². The molecule has 152 valence electrons. The lowest BCUT2D eigenvalue weighted by Crippen LogP contribution is -2.13. The lowest BCUT2D eigenvalue weighted by atomic mass is 10.1. The Labute approximate surface area is 179 Å². The smallest absolute Gasteiger partial charge is 0.266 e. The summed E-state index contributed by atoms with van der Waals surface area (Å²) in [4.78, 5) is 12.5. The third-order valence-electron chi connectivity index (χ3n) is 3.72. The van der Waals surface area contributed by atoms with Crippen molar-refractivity contribution < 1.29 is 19.0 Å². The fourth-order valence-corrected chi connectivity index (χ4v) is 3.11. The molecule has 0 heterocycles. The number of ether oxygens (including phenoxy) is 3. The Morgan fingerprint density at radius 2 is 1.72 bits per heavy atom. The van der Waals surface area contributed by atoms with Gasteiger partial charge in [0.25, 0.3) is 5.91 Å². The Bertz CT molecular complexity index is 918. The van der Waals surface area contributed by atoms with E-state index >= 15 is 0 Å². The molecule has 1 N–H and O–H groups in total. The molecule has 0 spiro atoms. The van der Waals surface area contributed by atoms with E-state index in [1.54, 1.807) is 36.4 Å². The van der Waals surface area contributed by atoms with Crippen LogP contribution in [0.25, 0.3) is 6.08 Å². The molecule has 0 aliphatic heterocycles. The molecule has 0 radical (unpaired) electrons. The van der Waals surface area contributed by atoms with Gasteiger partial charge in [0, 0.05) is 5.69 Å². The molecule has 7 heteroatoms. The summed E-state index contributed by atoms with van der Waals surface area (Å²) >= 11 is 3.46. The number of hydrogen-bond acceptors (Lipinski definition) is 5. The van der Waals surface area contributed by atoms with Gasteiger partial charge in [-0.05, 0) is 84.7 Å². The van der Waals surface area contributed by atoms with E-state index in [0.29, 0.717) is 52.8 Å². The van der Waals surface area contributed by atoms with E-state index in [2.05, 4.69) is 21.2 Å². The van der Waals surface area contributed by atoms with Gasteiger partial charge in [0.15, 0.2) is 11.5 Å². The SMILES string of the molecule is CCOc1ccc(NC(=O)/C(C#N)=C\c2cc(Br)c(OCC)c(OCC)c2)cc1. The van der Waals surface area contributed by atoms with Crippen LogP contribution >= 0.6 is 15.9 Å². The van der Waals surface area contributed by atoms with Gasteiger partial charge in [-0.2, -0.15) is 5.26 Å². The monoisotopic (exact) mass is 458 g/mol. The first kappa shape index (κ1) is 22.3. The molecule has 1 amide bonds. The number of rotatable bonds is 9. The van der Waals surface area contributed by atoms with Crippen LogP contribution in [-0.2, 0) is 4.79 Å². The van der Waals surface area contributed by atoms with Gasteiger partial charge in [0.1, 0.15) is 17.4 Å². The van der Waals surface area contributed by atoms with Crippen molar-refractivity contribution in [2.24, 2.45) is 0 Å². The lowest BCUT2D eigenvalue weighted by Gasteiger charge is -2.13. The third kappa shape index (κ3) is 6.26. The van der Waals surface area contributed by atoms with Crippen LogP contribution in [0.1, 0.15) is 26.3 Å². The van der Waals surface area contributed by atoms with Crippen LogP contribution in [0.15, 0.2) is 46.4 Å². The van der Waals surface area contributed by atoms with Crippen molar-refractivity contribution in [3.05, 3.63) is 52.0 Å². The number of anilines is 1. The number of nitrogens with zero attached hydrogens (tertiary/aromatic N) is 1. The van der Waals surface area contributed by atoms with Crippen LogP contribution in [0.4, 0.5) is 5.69 Å². The van der Waals surface area contributed by atoms with E-state index in [4.69, 9.17) is 14.2 Å². The summed E-state index contributed by atoms with van der Waals surface area (Å²) in [5.41, 5.74) is 1.18. The van der Waals surface area contributed by atoms with Crippen molar-refractivity contribution >= 4 is 33.6 Å². The molecule has 6 nitrogen and oxygen atoms in total. The molecule has 0 bridgehead atoms. The minimum Gasteiger partial charge on any atom is -0.494 e. The van der Waals surface area contributed by atoms with Crippen molar-refractivity contribution in [1.82, 2.24) is 0 Å². The lowest BCUT2D eigenvalue weighted by molar-refractivity contribution is -0.112. The van der Waals surface area contributed by atoms with Gasteiger partial charge in [0.2, 0.25) is 0 Å². The molecule has 2 aromatic carbocycles. The summed E-state index contributed by atoms with van der Waals surface area (Å²) in [5, 5.41) is 12.2. The van der Waals surface area contributed by atoms with Gasteiger partial charge in [-0.15, -0.1) is 0 Å². The summed E-state index contributed by atoms with van der Waals surface area (Å²) in [6.45, 7) is 7.17. The number of halogens is 1. The maximum atomic E-state index is 12.5. The minimum atomic E-state index is -0.500. The third-order valence-corrected chi connectivity index (χ3v) is 4.31. The molecule has 2 rings (SSSR count). The van der Waals surface area contributed by atoms with Gasteiger partial charge < -0.3 is 19.5 Å². The van der Waals surface area contributed by atoms with Crippen molar-refractivity contribution in [3.8, 4) is 23.3 Å². The Balaban J connectivity index is 2.25. The molecule has 0 saturated carbocycles. The van der Waals surface area contributed by atoms with E-state index in [-0.39, 0.29) is 5.57 Å². The summed E-state index contributed by atoms with van der Waals surface area (Å²) in [5.74, 6) is 1.34. The van der Waals surface area contributed by atoms with Gasteiger partial charge in [-0.1, -0.05) is 0 Å². The number of benzene rings is 2. The van der Waals surface area contributed by atoms with E-state index < -0.39 is 5.91 Å². The zero-order chi connectivity index (χ0) is 21.2. The Morgan fingerprint density at radius 3 is 2.31 bits per heavy atom. The topological polar surface area (TPSA) is 80.6 Å². The summed E-state index contributed by atoms with van der Waals surface area (Å²) in [6.07, 6.45) is 1.51. The van der Waals surface area contributed by atoms with Crippen LogP contribution in [0.2, 0.25) is 0 Å². The normalized spacial score (nSPS) is 10.8. The number of carbonyl (C=O) groups is 1. The predicted octanol–water partition coefficient (Wildman–Crippen LogP) is 5.19. The number of amides is 1. The minimum absolute atomic E-state index is 0.0302. The molecule has 29 heavy (non-hydrogen) atoms. The molecule has 0 fully saturated rings. The Kier molecular flexibility index (Phi) is 8.56. The fraction of sp³-hybridized carbons (Fsp3) is 0.273. The van der Waals surface area contributed by atoms with Crippen molar-refractivity contribution in [1.29, 1.82) is 5.26 Å². The predicted molar refractivity (Wildman–Crippen MR) is 116 cm³/mol. The van der Waals surface area contributed by atoms with E-state index in [0.717, 1.165) is 0 Å². The first-order valence-electron chi connectivity index (χ1n) is 9.27. The number of hydrogen-bond donors (Lipinski definition) is 1. The number of nitriles is 1. The highest BCUT2D eigenvalue weighted by molar-refractivity contribution is 9.10. The summed E-state index contributed by atoms with van der Waals surface area (Å²) in [6, 6.07) is 12.4. The zero-order valence-electron chi connectivity index (χ0n) is 16.6. The first-order chi connectivity index (χ1) is 14.0. The van der Waals surface area contributed by atoms with E-state index in [1.165, 1.54) is 6.08 Å². The van der Waals surface area contributed by atoms with E-state index in [9.17, 15) is 10.1 Å². The van der Waals surface area contributed by atoms with Gasteiger partial charge in [-0.25, -0.2) is 0 Å². The Morgan fingerprint density at radius 1 is 1.07 bits per heavy atom. The molecule has 0 saturated heterocycles. The average molecular weight is 459 g/mol. The van der Waals surface area contributed by atoms with Crippen LogP contribution in [-0.4, -0.2) is 25.7 Å². The first-order valence-corrected chi connectivity index (χ1v) is 10.1. The zero-order valence-corrected chi connectivity index (χ0v) is 18.2. The summed E-state index contributed by atoms with van der Waals surface area (Å²) < 4.78 is 17.3. The highest BCUT2D eigenvalue weighted by atomic mass is 79.9. The maximum Gasteiger partial charge on any atom is 0.266 e. The second-order valence-electron chi connectivity index (χ2n) is 5.78. The second-order valence-corrected chi connectivity index (χ2v) is 6.63. The van der Waals surface area contributed by atoms with E-state index in [1.807, 2.05) is 26.8 Å². The molecule has 0 aliphatic carbocycles.